The van der Waals surface area contributed by atoms with Crippen LogP contribution in [0.1, 0.15) is 19.4 Å². The van der Waals surface area contributed by atoms with E-state index in [1.54, 1.807) is 30.3 Å². The zero-order valence-corrected chi connectivity index (χ0v) is 24.0. The van der Waals surface area contributed by atoms with Crippen LogP contribution in [-0.2, 0) is 16.6 Å². The van der Waals surface area contributed by atoms with Crippen LogP contribution in [0.15, 0.2) is 59.5 Å². The molecule has 0 unspecified atom stereocenters. The van der Waals surface area contributed by atoms with E-state index >= 15 is 0 Å². The largest absolute Gasteiger partial charge is 0.333 e. The van der Waals surface area contributed by atoms with E-state index in [2.05, 4.69) is 24.1 Å². The zero-order chi connectivity index (χ0) is 27.2. The number of fused-ring (bicyclic) bond motifs is 1. The van der Waals surface area contributed by atoms with Crippen molar-refractivity contribution in [1.82, 2.24) is 14.5 Å². The summed E-state index contributed by atoms with van der Waals surface area (Å²) in [6, 6.07) is 15.2. The highest BCUT2D eigenvalue weighted by Crippen LogP contribution is 2.45. The first kappa shape index (κ1) is 27.2. The molecule has 0 saturated carbocycles. The molecular formula is C27H27Cl3N4O3S. The van der Waals surface area contributed by atoms with E-state index in [-0.39, 0.29) is 27.2 Å². The highest BCUT2D eigenvalue weighted by Gasteiger charge is 2.35. The van der Waals surface area contributed by atoms with Crippen molar-refractivity contribution in [2.45, 2.75) is 31.3 Å². The van der Waals surface area contributed by atoms with Crippen molar-refractivity contribution in [1.29, 1.82) is 0 Å². The Hall–Kier alpha value is -2.33. The molecule has 0 aliphatic carbocycles. The van der Waals surface area contributed by atoms with Gasteiger partial charge in [0.05, 0.1) is 26.3 Å². The molecule has 7 nitrogen and oxygen atoms in total. The number of nitrogens with zero attached hydrogens (tertiary/aromatic N) is 3. The van der Waals surface area contributed by atoms with Crippen LogP contribution in [0, 0.1) is 0 Å². The van der Waals surface area contributed by atoms with Crippen LogP contribution in [0.3, 0.4) is 0 Å². The van der Waals surface area contributed by atoms with E-state index in [9.17, 15) is 13.2 Å². The van der Waals surface area contributed by atoms with Gasteiger partial charge in [-0.1, -0.05) is 59.1 Å². The smallest absolute Gasteiger partial charge is 0.326 e. The molecule has 2 heterocycles. The number of hydrogen-bond donors (Lipinski definition) is 1. The lowest BCUT2D eigenvalue weighted by Crippen LogP contribution is -2.50. The summed E-state index contributed by atoms with van der Waals surface area (Å²) in [6.45, 7) is 6.41. The molecule has 2 amide bonds. The number of nitrogens with one attached hydrogen (secondary N) is 1. The second-order valence-electron chi connectivity index (χ2n) is 9.55. The summed E-state index contributed by atoms with van der Waals surface area (Å²) in [5.74, 6) is 0. The first-order chi connectivity index (χ1) is 18.1. The second-order valence-corrected chi connectivity index (χ2v) is 12.7. The van der Waals surface area contributed by atoms with E-state index in [1.165, 1.54) is 15.3 Å². The number of hydrogen-bond acceptors (Lipinski definition) is 4. The molecule has 0 aromatic heterocycles. The third kappa shape index (κ3) is 4.90. The van der Waals surface area contributed by atoms with Crippen molar-refractivity contribution in [3.05, 3.63) is 75.2 Å². The summed E-state index contributed by atoms with van der Waals surface area (Å²) >= 11 is 19.6. The number of amides is 2. The lowest BCUT2D eigenvalue weighted by molar-refractivity contribution is 0.154. The number of benzene rings is 3. The van der Waals surface area contributed by atoms with Gasteiger partial charge >= 0.3 is 6.03 Å². The zero-order valence-electron chi connectivity index (χ0n) is 20.9. The van der Waals surface area contributed by atoms with Gasteiger partial charge in [-0.2, -0.15) is 4.31 Å². The van der Waals surface area contributed by atoms with Gasteiger partial charge in [-0.25, -0.2) is 13.2 Å². The quantitative estimate of drug-likeness (QED) is 0.372. The first-order valence-electron chi connectivity index (χ1n) is 12.3. The van der Waals surface area contributed by atoms with Gasteiger partial charge in [0.1, 0.15) is 0 Å². The number of halogens is 3. The fourth-order valence-electron chi connectivity index (χ4n) is 4.97. The Balaban J connectivity index is 1.71. The molecule has 38 heavy (non-hydrogen) atoms. The van der Waals surface area contributed by atoms with Crippen LogP contribution in [0.5, 0.6) is 0 Å². The molecule has 1 fully saturated rings. The number of para-hydroxylation sites is 1. The van der Waals surface area contributed by atoms with Crippen molar-refractivity contribution in [2.75, 3.05) is 31.1 Å². The standard InChI is InChI=1S/C27H27Cl3N4O3S/c1-17(2)32-10-12-33(13-11-32)38(36,37)18-14-20(19-6-3-4-7-22(19)28)21-16-31-27(35)34(25(21)15-18)26-23(29)8-5-9-24(26)30/h3-9,14-15,17H,10-13,16H2,1-2H3,(H,31,35). The Labute approximate surface area is 237 Å². The number of urea groups is 1. The van der Waals surface area contributed by atoms with Crippen LogP contribution in [-0.4, -0.2) is 55.9 Å². The number of carbonyl (C=O) groups is 1. The normalized spacial score (nSPS) is 17.0. The summed E-state index contributed by atoms with van der Waals surface area (Å²) in [5.41, 5.74) is 2.64. The Morgan fingerprint density at radius 1 is 0.842 bits per heavy atom. The first-order valence-corrected chi connectivity index (χ1v) is 14.8. The predicted molar refractivity (Wildman–Crippen MR) is 153 cm³/mol. The topological polar surface area (TPSA) is 73.0 Å². The van der Waals surface area contributed by atoms with Gasteiger partial charge in [0.15, 0.2) is 0 Å². The number of sulfonamides is 1. The van der Waals surface area contributed by atoms with E-state index in [4.69, 9.17) is 34.8 Å². The molecule has 1 N–H and O–H groups in total. The molecule has 1 saturated heterocycles. The Morgan fingerprint density at radius 2 is 1.47 bits per heavy atom. The number of rotatable bonds is 5. The van der Waals surface area contributed by atoms with Crippen molar-refractivity contribution in [3.8, 4) is 11.1 Å². The molecule has 200 valence electrons. The predicted octanol–water partition coefficient (Wildman–Crippen LogP) is 6.39. The van der Waals surface area contributed by atoms with Crippen LogP contribution in [0.4, 0.5) is 16.2 Å². The average molecular weight is 594 g/mol. The molecule has 11 heteroatoms. The molecule has 3 aromatic carbocycles. The Bertz CT molecular complexity index is 1490. The minimum Gasteiger partial charge on any atom is -0.333 e. The maximum Gasteiger partial charge on any atom is 0.326 e. The van der Waals surface area contributed by atoms with Crippen molar-refractivity contribution in [2.24, 2.45) is 0 Å². The van der Waals surface area contributed by atoms with Crippen LogP contribution in [0.25, 0.3) is 11.1 Å². The van der Waals surface area contributed by atoms with Gasteiger partial charge in [-0.05, 0) is 49.7 Å². The van der Waals surface area contributed by atoms with E-state index in [0.29, 0.717) is 59.6 Å². The third-order valence-corrected chi connectivity index (χ3v) is 9.84. The summed E-state index contributed by atoms with van der Waals surface area (Å²) in [4.78, 5) is 16.9. The summed E-state index contributed by atoms with van der Waals surface area (Å²) in [7, 11) is -3.89. The lowest BCUT2D eigenvalue weighted by atomic mass is 9.96. The van der Waals surface area contributed by atoms with E-state index < -0.39 is 16.1 Å². The van der Waals surface area contributed by atoms with Crippen LogP contribution >= 0.6 is 34.8 Å². The molecule has 0 radical (unpaired) electrons. The monoisotopic (exact) mass is 592 g/mol. The van der Waals surface area contributed by atoms with Gasteiger partial charge in [0.25, 0.3) is 0 Å². The minimum atomic E-state index is -3.89. The SMILES string of the molecule is CC(C)N1CCN(S(=O)(=O)c2cc(-c3ccccc3Cl)c3c(c2)N(c2c(Cl)cccc2Cl)C(=O)NC3)CC1. The number of piperazine rings is 1. The minimum absolute atomic E-state index is 0.0760. The number of carbonyl (C=O) groups excluding carboxylic acids is 1. The fourth-order valence-corrected chi connectivity index (χ4v) is 7.25. The highest BCUT2D eigenvalue weighted by molar-refractivity contribution is 7.89. The number of anilines is 2. The highest BCUT2D eigenvalue weighted by atomic mass is 35.5. The molecule has 5 rings (SSSR count). The van der Waals surface area contributed by atoms with Crippen molar-refractivity contribution < 1.29 is 13.2 Å². The lowest BCUT2D eigenvalue weighted by Gasteiger charge is -2.37. The summed E-state index contributed by atoms with van der Waals surface area (Å²) < 4.78 is 29.5. The fraction of sp³-hybridized carbons (Fsp3) is 0.296. The Morgan fingerprint density at radius 3 is 2.11 bits per heavy atom. The molecular weight excluding hydrogens is 567 g/mol. The van der Waals surface area contributed by atoms with E-state index in [0.717, 1.165) is 0 Å². The molecule has 2 aliphatic rings. The maximum atomic E-state index is 14.0. The average Bonchev–Trinajstić information content (AvgIpc) is 2.89. The van der Waals surface area contributed by atoms with Gasteiger partial charge in [-0.15, -0.1) is 0 Å². The third-order valence-electron chi connectivity index (χ3n) is 7.03. The van der Waals surface area contributed by atoms with Crippen molar-refractivity contribution >= 4 is 62.2 Å². The van der Waals surface area contributed by atoms with Gasteiger partial charge in [0, 0.05) is 54.9 Å². The molecule has 2 aliphatic heterocycles. The van der Waals surface area contributed by atoms with Crippen LogP contribution in [0.2, 0.25) is 15.1 Å². The molecule has 0 spiro atoms. The maximum absolute atomic E-state index is 14.0. The molecule has 0 bridgehead atoms. The Kier molecular flexibility index (Phi) is 7.66. The molecule has 0 atom stereocenters. The summed E-state index contributed by atoms with van der Waals surface area (Å²) in [5, 5.41) is 3.86. The van der Waals surface area contributed by atoms with Gasteiger partial charge in [-0.3, -0.25) is 9.80 Å². The van der Waals surface area contributed by atoms with Gasteiger partial charge in [0.2, 0.25) is 10.0 Å². The van der Waals surface area contributed by atoms with Crippen LogP contribution < -0.4 is 10.2 Å². The second kappa shape index (κ2) is 10.7. The summed E-state index contributed by atoms with van der Waals surface area (Å²) in [6.07, 6.45) is 0. The van der Waals surface area contributed by atoms with E-state index in [1.807, 2.05) is 18.2 Å². The van der Waals surface area contributed by atoms with Crippen molar-refractivity contribution in [3.63, 3.8) is 0 Å². The van der Waals surface area contributed by atoms with Gasteiger partial charge < -0.3 is 5.32 Å². The molecule has 3 aromatic rings.